The number of nitrogens with zero attached hydrogens (tertiary/aromatic N) is 4. The van der Waals surface area contributed by atoms with E-state index < -0.39 is 0 Å². The van der Waals surface area contributed by atoms with Crippen LogP contribution < -0.4 is 4.90 Å². The maximum Gasteiger partial charge on any atom is 0.187 e. The number of aromatic nitrogens is 2. The van der Waals surface area contributed by atoms with E-state index in [-0.39, 0.29) is 5.82 Å². The maximum atomic E-state index is 14.5. The van der Waals surface area contributed by atoms with Crippen LogP contribution in [0.25, 0.3) is 0 Å². The minimum absolute atomic E-state index is 0.222. The first kappa shape index (κ1) is 13.7. The second-order valence-corrected chi connectivity index (χ2v) is 5.82. The second kappa shape index (κ2) is 5.64. The Hall–Kier alpha value is -1.23. The van der Waals surface area contributed by atoms with Gasteiger partial charge in [0.25, 0.3) is 0 Å². The second-order valence-electron chi connectivity index (χ2n) is 5.82. The summed E-state index contributed by atoms with van der Waals surface area (Å²) < 4.78 is 14.5. The summed E-state index contributed by atoms with van der Waals surface area (Å²) in [5.74, 6) is 0.287. The van der Waals surface area contributed by atoms with Gasteiger partial charge in [-0.25, -0.2) is 14.4 Å². The molecule has 0 aromatic carbocycles. The van der Waals surface area contributed by atoms with Crippen molar-refractivity contribution in [2.45, 2.75) is 51.6 Å². The molecule has 3 rings (SSSR count). The van der Waals surface area contributed by atoms with Gasteiger partial charge in [0, 0.05) is 25.2 Å². The summed E-state index contributed by atoms with van der Waals surface area (Å²) in [7, 11) is 0. The van der Waals surface area contributed by atoms with Crippen LogP contribution in [0.2, 0.25) is 0 Å². The lowest BCUT2D eigenvalue weighted by Crippen LogP contribution is -2.56. The van der Waals surface area contributed by atoms with Gasteiger partial charge in [-0.05, 0) is 32.2 Å². The van der Waals surface area contributed by atoms with Gasteiger partial charge in [-0.3, -0.25) is 4.90 Å². The summed E-state index contributed by atoms with van der Waals surface area (Å²) in [6.07, 6.45) is 5.63. The van der Waals surface area contributed by atoms with Crippen LogP contribution in [0, 0.1) is 5.82 Å². The van der Waals surface area contributed by atoms with E-state index in [4.69, 9.17) is 0 Å². The average molecular weight is 278 g/mol. The lowest BCUT2D eigenvalue weighted by Gasteiger charge is -2.44. The van der Waals surface area contributed by atoms with Gasteiger partial charge in [0.05, 0.1) is 5.69 Å². The number of rotatable bonds is 3. The third-order valence-corrected chi connectivity index (χ3v) is 4.71. The molecule has 2 unspecified atom stereocenters. The van der Waals surface area contributed by atoms with E-state index in [1.807, 2.05) is 6.92 Å². The molecule has 0 aliphatic carbocycles. The van der Waals surface area contributed by atoms with E-state index in [1.165, 1.54) is 25.7 Å². The zero-order chi connectivity index (χ0) is 14.1. The summed E-state index contributed by atoms with van der Waals surface area (Å²) >= 11 is 0. The first-order valence-electron chi connectivity index (χ1n) is 7.74. The number of aryl methyl sites for hydroxylation is 1. The van der Waals surface area contributed by atoms with Crippen molar-refractivity contribution in [1.82, 2.24) is 14.9 Å². The maximum absolute atomic E-state index is 14.5. The quantitative estimate of drug-likeness (QED) is 0.849. The van der Waals surface area contributed by atoms with Crippen LogP contribution >= 0.6 is 0 Å². The molecule has 0 N–H and O–H groups in total. The molecule has 0 radical (unpaired) electrons. The Balaban J connectivity index is 1.91. The lowest BCUT2D eigenvalue weighted by atomic mass is 10.0. The number of piperazine rings is 1. The molecule has 5 heteroatoms. The standard InChI is InChI=1S/C15H23FN4/c1-3-11-8-19-7-5-6-12(19)9-20(11)15-14(16)13(4-2)17-10-18-15/h10-12H,3-9H2,1-2H3. The molecule has 110 valence electrons. The third kappa shape index (κ3) is 2.28. The van der Waals surface area contributed by atoms with Crippen molar-refractivity contribution in [3.8, 4) is 0 Å². The van der Waals surface area contributed by atoms with Crippen molar-refractivity contribution in [3.63, 3.8) is 0 Å². The molecular formula is C15H23FN4. The zero-order valence-corrected chi connectivity index (χ0v) is 12.3. The van der Waals surface area contributed by atoms with Gasteiger partial charge in [0.1, 0.15) is 6.33 Å². The molecule has 0 amide bonds. The minimum Gasteiger partial charge on any atom is -0.348 e. The van der Waals surface area contributed by atoms with Crippen LogP contribution in [0.15, 0.2) is 6.33 Å². The smallest absolute Gasteiger partial charge is 0.187 e. The molecule has 20 heavy (non-hydrogen) atoms. The van der Waals surface area contributed by atoms with Crippen molar-refractivity contribution in [1.29, 1.82) is 0 Å². The highest BCUT2D eigenvalue weighted by molar-refractivity contribution is 5.43. The summed E-state index contributed by atoms with van der Waals surface area (Å²) in [5, 5.41) is 0. The molecule has 4 nitrogen and oxygen atoms in total. The number of halogens is 1. The highest BCUT2D eigenvalue weighted by atomic mass is 19.1. The SMILES string of the molecule is CCc1ncnc(N2CC3CCCN3CC2CC)c1F. The normalized spacial score (nSPS) is 26.9. The van der Waals surface area contributed by atoms with Gasteiger partial charge in [0.2, 0.25) is 0 Å². The Bertz CT molecular complexity index is 479. The summed E-state index contributed by atoms with van der Waals surface area (Å²) in [5.41, 5.74) is 0.527. The molecule has 2 fully saturated rings. The van der Waals surface area contributed by atoms with Crippen LogP contribution in [0.1, 0.15) is 38.8 Å². The van der Waals surface area contributed by atoms with Crippen molar-refractivity contribution in [2.24, 2.45) is 0 Å². The average Bonchev–Trinajstić information content (AvgIpc) is 2.93. The predicted octanol–water partition coefficient (Wildman–Crippen LogP) is 2.24. The largest absolute Gasteiger partial charge is 0.348 e. The Labute approximate surface area is 120 Å². The van der Waals surface area contributed by atoms with E-state index in [0.29, 0.717) is 30.0 Å². The molecule has 0 spiro atoms. The van der Waals surface area contributed by atoms with E-state index >= 15 is 0 Å². The van der Waals surface area contributed by atoms with Gasteiger partial charge >= 0.3 is 0 Å². The molecule has 2 atom stereocenters. The van der Waals surface area contributed by atoms with E-state index in [9.17, 15) is 4.39 Å². The Morgan fingerprint density at radius 2 is 2.15 bits per heavy atom. The first-order chi connectivity index (χ1) is 9.74. The molecular weight excluding hydrogens is 255 g/mol. The molecule has 2 aliphatic rings. The monoisotopic (exact) mass is 278 g/mol. The highest BCUT2D eigenvalue weighted by Crippen LogP contribution is 2.30. The fourth-order valence-corrected chi connectivity index (χ4v) is 3.54. The summed E-state index contributed by atoms with van der Waals surface area (Å²) in [4.78, 5) is 13.0. The topological polar surface area (TPSA) is 32.3 Å². The molecule has 2 aliphatic heterocycles. The minimum atomic E-state index is -0.222. The van der Waals surface area contributed by atoms with Gasteiger partial charge in [-0.1, -0.05) is 13.8 Å². The number of hydrogen-bond acceptors (Lipinski definition) is 4. The summed E-state index contributed by atoms with van der Waals surface area (Å²) in [6.45, 7) is 7.23. The predicted molar refractivity (Wildman–Crippen MR) is 77.4 cm³/mol. The van der Waals surface area contributed by atoms with Crippen LogP contribution in [0.5, 0.6) is 0 Å². The van der Waals surface area contributed by atoms with Gasteiger partial charge in [-0.15, -0.1) is 0 Å². The van der Waals surface area contributed by atoms with Crippen molar-refractivity contribution in [3.05, 3.63) is 17.8 Å². The zero-order valence-electron chi connectivity index (χ0n) is 12.3. The Morgan fingerprint density at radius 3 is 2.90 bits per heavy atom. The van der Waals surface area contributed by atoms with Crippen LogP contribution in [-0.4, -0.2) is 46.6 Å². The fraction of sp³-hybridized carbons (Fsp3) is 0.733. The first-order valence-corrected chi connectivity index (χ1v) is 7.74. The summed E-state index contributed by atoms with van der Waals surface area (Å²) in [6, 6.07) is 0.927. The fourth-order valence-electron chi connectivity index (χ4n) is 3.54. The Kier molecular flexibility index (Phi) is 3.87. The molecule has 0 bridgehead atoms. The van der Waals surface area contributed by atoms with Crippen LogP contribution in [0.4, 0.5) is 10.2 Å². The van der Waals surface area contributed by atoms with E-state index in [1.54, 1.807) is 0 Å². The lowest BCUT2D eigenvalue weighted by molar-refractivity contribution is 0.193. The van der Waals surface area contributed by atoms with E-state index in [2.05, 4.69) is 26.7 Å². The van der Waals surface area contributed by atoms with Crippen LogP contribution in [0.3, 0.4) is 0 Å². The van der Waals surface area contributed by atoms with E-state index in [0.717, 1.165) is 19.5 Å². The molecule has 1 aromatic rings. The van der Waals surface area contributed by atoms with Gasteiger partial charge in [0.15, 0.2) is 11.6 Å². The highest BCUT2D eigenvalue weighted by Gasteiger charge is 2.37. The molecule has 2 saturated heterocycles. The van der Waals surface area contributed by atoms with Gasteiger partial charge < -0.3 is 4.90 Å². The van der Waals surface area contributed by atoms with Crippen molar-refractivity contribution >= 4 is 5.82 Å². The Morgan fingerprint density at radius 1 is 1.30 bits per heavy atom. The van der Waals surface area contributed by atoms with Crippen LogP contribution in [-0.2, 0) is 6.42 Å². The van der Waals surface area contributed by atoms with Crippen molar-refractivity contribution < 1.29 is 4.39 Å². The molecule has 3 heterocycles. The molecule has 1 aromatic heterocycles. The third-order valence-electron chi connectivity index (χ3n) is 4.71. The number of anilines is 1. The van der Waals surface area contributed by atoms with Crippen molar-refractivity contribution in [2.75, 3.05) is 24.5 Å². The van der Waals surface area contributed by atoms with Gasteiger partial charge in [-0.2, -0.15) is 0 Å². The number of fused-ring (bicyclic) bond motifs is 1. The molecule has 0 saturated carbocycles. The number of hydrogen-bond donors (Lipinski definition) is 0.